The third kappa shape index (κ3) is 10.9. The highest BCUT2D eigenvalue weighted by Gasteiger charge is 2.11. The molecule has 0 saturated carbocycles. The molecule has 0 rings (SSSR count). The van der Waals surface area contributed by atoms with Gasteiger partial charge in [-0.15, -0.1) is 0 Å². The topological polar surface area (TPSA) is 92.9 Å². The van der Waals surface area contributed by atoms with E-state index >= 15 is 0 Å². The van der Waals surface area contributed by atoms with Crippen LogP contribution in [0.4, 0.5) is 0 Å². The van der Waals surface area contributed by atoms with Crippen LogP contribution in [0, 0.1) is 0 Å². The van der Waals surface area contributed by atoms with Crippen LogP contribution in [-0.4, -0.2) is 55.2 Å². The minimum Gasteiger partial charge on any atom is -0.480 e. The molecule has 0 fully saturated rings. The highest BCUT2D eigenvalue weighted by molar-refractivity contribution is 5.86. The van der Waals surface area contributed by atoms with E-state index in [4.69, 9.17) is 10.8 Å². The van der Waals surface area contributed by atoms with Crippen LogP contribution in [0.2, 0.25) is 0 Å². The first-order valence-electron chi connectivity index (χ1n) is 5.16. The second-order valence-electron chi connectivity index (χ2n) is 3.68. The van der Waals surface area contributed by atoms with Gasteiger partial charge in [0.25, 0.3) is 0 Å². The average Bonchev–Trinajstić information content (AvgIpc) is 2.25. The van der Waals surface area contributed by atoms with Crippen molar-refractivity contribution in [3.63, 3.8) is 0 Å². The molecule has 0 aromatic carbocycles. The van der Waals surface area contributed by atoms with Gasteiger partial charge in [0.2, 0.25) is 0 Å². The maximum atomic E-state index is 10.5. The van der Waals surface area contributed by atoms with Crippen LogP contribution < -0.4 is 5.73 Å². The van der Waals surface area contributed by atoms with Crippen LogP contribution in [-0.2, 0) is 14.3 Å². The second-order valence-corrected chi connectivity index (χ2v) is 3.68. The standard InChI is InChI=1S/C6H11NO2.C5H11NO2/c1-5(2)6(8)9-4-3-7;1-4(5(7)8)6(2)3/h1,3-4,7H2,2H3;4H,1-3H3,(H,7,8). The van der Waals surface area contributed by atoms with Gasteiger partial charge in [0.15, 0.2) is 0 Å². The summed E-state index contributed by atoms with van der Waals surface area (Å²) in [5.74, 6) is -1.16. The number of nitrogens with zero attached hydrogens (tertiary/aromatic N) is 1. The van der Waals surface area contributed by atoms with Gasteiger partial charge in [-0.1, -0.05) is 6.58 Å². The Labute approximate surface area is 102 Å². The first-order valence-corrected chi connectivity index (χ1v) is 5.16. The van der Waals surface area contributed by atoms with Gasteiger partial charge in [-0.3, -0.25) is 9.69 Å². The van der Waals surface area contributed by atoms with E-state index in [0.717, 1.165) is 0 Å². The van der Waals surface area contributed by atoms with E-state index in [1.54, 1.807) is 32.8 Å². The Morgan fingerprint density at radius 1 is 1.47 bits per heavy atom. The molecule has 0 saturated heterocycles. The Balaban J connectivity index is 0. The lowest BCUT2D eigenvalue weighted by atomic mass is 10.3. The van der Waals surface area contributed by atoms with Crippen molar-refractivity contribution >= 4 is 11.9 Å². The molecule has 1 unspecified atom stereocenters. The van der Waals surface area contributed by atoms with Crippen molar-refractivity contribution in [1.82, 2.24) is 4.90 Å². The van der Waals surface area contributed by atoms with Crippen molar-refractivity contribution in [2.45, 2.75) is 19.9 Å². The number of hydrogen-bond donors (Lipinski definition) is 2. The molecule has 0 aliphatic rings. The minimum absolute atomic E-state index is 0.270. The number of esters is 1. The number of aliphatic carboxylic acids is 1. The normalized spacial score (nSPS) is 11.2. The smallest absolute Gasteiger partial charge is 0.333 e. The largest absolute Gasteiger partial charge is 0.480 e. The molecule has 0 aromatic rings. The van der Waals surface area contributed by atoms with Gasteiger partial charge in [0.1, 0.15) is 12.6 Å². The molecular weight excluding hydrogens is 224 g/mol. The van der Waals surface area contributed by atoms with E-state index in [1.807, 2.05) is 0 Å². The predicted molar refractivity (Wildman–Crippen MR) is 65.6 cm³/mol. The molecule has 0 radical (unpaired) electrons. The summed E-state index contributed by atoms with van der Waals surface area (Å²) < 4.78 is 4.59. The monoisotopic (exact) mass is 246 g/mol. The molecule has 0 aliphatic carbocycles. The molecule has 0 aromatic heterocycles. The van der Waals surface area contributed by atoms with Gasteiger partial charge in [-0.05, 0) is 27.9 Å². The minimum atomic E-state index is -0.782. The third-order valence-corrected chi connectivity index (χ3v) is 1.83. The van der Waals surface area contributed by atoms with Crippen LogP contribution in [0.15, 0.2) is 12.2 Å². The van der Waals surface area contributed by atoms with Crippen molar-refractivity contribution in [2.75, 3.05) is 27.2 Å². The third-order valence-electron chi connectivity index (χ3n) is 1.83. The number of likely N-dealkylation sites (N-methyl/N-ethyl adjacent to an activating group) is 1. The fourth-order valence-electron chi connectivity index (χ4n) is 0.496. The fourth-order valence-corrected chi connectivity index (χ4v) is 0.496. The lowest BCUT2D eigenvalue weighted by molar-refractivity contribution is -0.141. The molecule has 17 heavy (non-hydrogen) atoms. The van der Waals surface area contributed by atoms with Crippen molar-refractivity contribution in [3.8, 4) is 0 Å². The van der Waals surface area contributed by atoms with E-state index in [2.05, 4.69) is 11.3 Å². The van der Waals surface area contributed by atoms with Crippen molar-refractivity contribution < 1.29 is 19.4 Å². The average molecular weight is 246 g/mol. The fraction of sp³-hybridized carbons (Fsp3) is 0.636. The number of nitrogens with two attached hydrogens (primary N) is 1. The zero-order chi connectivity index (χ0) is 14.0. The van der Waals surface area contributed by atoms with Gasteiger partial charge in [0, 0.05) is 12.1 Å². The lowest BCUT2D eigenvalue weighted by Gasteiger charge is -2.13. The number of carboxylic acids is 1. The van der Waals surface area contributed by atoms with Gasteiger partial charge < -0.3 is 15.6 Å². The molecule has 0 aliphatic heterocycles. The summed E-state index contributed by atoms with van der Waals surface area (Å²) in [7, 11) is 3.47. The van der Waals surface area contributed by atoms with Crippen molar-refractivity contribution in [1.29, 1.82) is 0 Å². The van der Waals surface area contributed by atoms with Crippen LogP contribution in [0.5, 0.6) is 0 Å². The van der Waals surface area contributed by atoms with Gasteiger partial charge in [-0.2, -0.15) is 0 Å². The van der Waals surface area contributed by atoms with E-state index < -0.39 is 5.97 Å². The zero-order valence-corrected chi connectivity index (χ0v) is 10.9. The molecule has 1 atom stereocenters. The van der Waals surface area contributed by atoms with Crippen molar-refractivity contribution in [3.05, 3.63) is 12.2 Å². The van der Waals surface area contributed by atoms with Crippen LogP contribution in [0.1, 0.15) is 13.8 Å². The number of rotatable bonds is 5. The van der Waals surface area contributed by atoms with Gasteiger partial charge in [-0.25, -0.2) is 4.79 Å². The molecule has 0 bridgehead atoms. The Hall–Kier alpha value is -1.40. The molecular formula is C11H22N2O4. The maximum absolute atomic E-state index is 10.5. The summed E-state index contributed by atoms with van der Waals surface area (Å²) in [6.07, 6.45) is 0. The summed E-state index contributed by atoms with van der Waals surface area (Å²) in [5.41, 5.74) is 5.48. The maximum Gasteiger partial charge on any atom is 0.333 e. The van der Waals surface area contributed by atoms with E-state index in [0.29, 0.717) is 12.1 Å². The zero-order valence-electron chi connectivity index (χ0n) is 10.9. The molecule has 0 heterocycles. The number of carbonyl (C=O) groups is 2. The summed E-state index contributed by atoms with van der Waals surface area (Å²) in [4.78, 5) is 22.3. The Morgan fingerprint density at radius 2 is 1.94 bits per heavy atom. The van der Waals surface area contributed by atoms with E-state index in [9.17, 15) is 9.59 Å². The molecule has 6 heteroatoms. The van der Waals surface area contributed by atoms with Crippen LogP contribution in [0.25, 0.3) is 0 Å². The Morgan fingerprint density at radius 3 is 2.12 bits per heavy atom. The second kappa shape index (κ2) is 9.80. The Kier molecular flexibility index (Phi) is 10.4. The Bertz CT molecular complexity index is 264. The first kappa shape index (κ1) is 18.0. The summed E-state index contributed by atoms with van der Waals surface area (Å²) >= 11 is 0. The van der Waals surface area contributed by atoms with Gasteiger partial charge >= 0.3 is 11.9 Å². The number of hydrogen-bond acceptors (Lipinski definition) is 5. The van der Waals surface area contributed by atoms with Crippen molar-refractivity contribution in [2.24, 2.45) is 5.73 Å². The van der Waals surface area contributed by atoms with E-state index in [-0.39, 0.29) is 18.6 Å². The molecule has 100 valence electrons. The molecule has 3 N–H and O–H groups in total. The summed E-state index contributed by atoms with van der Waals surface area (Å²) in [6, 6.07) is -0.380. The van der Waals surface area contributed by atoms with Gasteiger partial charge in [0.05, 0.1) is 0 Å². The van der Waals surface area contributed by atoms with Crippen LogP contribution in [0.3, 0.4) is 0 Å². The lowest BCUT2D eigenvalue weighted by Crippen LogP contribution is -2.32. The first-order chi connectivity index (χ1) is 7.73. The number of ether oxygens (including phenoxy) is 1. The van der Waals surface area contributed by atoms with E-state index in [1.165, 1.54) is 0 Å². The molecule has 0 spiro atoms. The quantitative estimate of drug-likeness (QED) is 0.527. The SMILES string of the molecule is C=C(C)C(=O)OCCN.CC(C(=O)O)N(C)C. The molecule has 0 amide bonds. The number of carbonyl (C=O) groups excluding carboxylic acids is 1. The van der Waals surface area contributed by atoms with Crippen LogP contribution >= 0.6 is 0 Å². The highest BCUT2D eigenvalue weighted by atomic mass is 16.5. The highest BCUT2D eigenvalue weighted by Crippen LogP contribution is 1.89. The number of carboxylic acid groups (broad SMARTS) is 1. The predicted octanol–water partition coefficient (Wildman–Crippen LogP) is 0.0855. The summed E-state index contributed by atoms with van der Waals surface area (Å²) in [5, 5.41) is 8.31. The molecule has 6 nitrogen and oxygen atoms in total. The summed E-state index contributed by atoms with van der Waals surface area (Å²) in [6.45, 7) is 7.26.